The lowest BCUT2D eigenvalue weighted by molar-refractivity contribution is -0.117. The summed E-state index contributed by atoms with van der Waals surface area (Å²) in [6.07, 6.45) is 0.579. The molecule has 5 nitrogen and oxygen atoms in total. The number of amides is 1. The van der Waals surface area contributed by atoms with Gasteiger partial charge >= 0.3 is 0 Å². The molecule has 140 valence electrons. The molecule has 0 unspecified atom stereocenters. The van der Waals surface area contributed by atoms with E-state index in [-0.39, 0.29) is 25.7 Å². The summed E-state index contributed by atoms with van der Waals surface area (Å²) >= 11 is 5.08. The fraction of sp³-hybridized carbons (Fsp3) is 0.316. The van der Waals surface area contributed by atoms with Crippen LogP contribution in [0.3, 0.4) is 0 Å². The molecule has 0 aromatic heterocycles. The van der Waals surface area contributed by atoms with Crippen LogP contribution in [-0.4, -0.2) is 53.9 Å². The Morgan fingerprint density at radius 1 is 0.962 bits per heavy atom. The van der Waals surface area contributed by atoms with E-state index in [1.54, 1.807) is 11.8 Å². The molecule has 0 aliphatic heterocycles. The van der Waals surface area contributed by atoms with Gasteiger partial charge in [-0.05, 0) is 55.0 Å². The number of carbonyl (C=O) groups excluding carboxylic acids is 1. The molecular formula is C19H23BrN2O3S. The molecule has 7 heteroatoms. The molecule has 2 aromatic carbocycles. The summed E-state index contributed by atoms with van der Waals surface area (Å²) < 4.78 is 1.05. The van der Waals surface area contributed by atoms with Crippen molar-refractivity contribution >= 4 is 39.3 Å². The summed E-state index contributed by atoms with van der Waals surface area (Å²) in [6, 6.07) is 15.8. The van der Waals surface area contributed by atoms with E-state index in [1.165, 1.54) is 0 Å². The third-order valence-electron chi connectivity index (χ3n) is 3.60. The van der Waals surface area contributed by atoms with Crippen molar-refractivity contribution < 1.29 is 15.0 Å². The summed E-state index contributed by atoms with van der Waals surface area (Å²) in [7, 11) is 0. The fourth-order valence-electron chi connectivity index (χ4n) is 2.35. The Morgan fingerprint density at radius 2 is 1.58 bits per heavy atom. The van der Waals surface area contributed by atoms with Crippen LogP contribution in [-0.2, 0) is 4.79 Å². The van der Waals surface area contributed by atoms with Crippen LogP contribution in [0.5, 0.6) is 0 Å². The third-order valence-corrected chi connectivity index (χ3v) is 5.15. The van der Waals surface area contributed by atoms with Crippen LogP contribution in [0.1, 0.15) is 6.42 Å². The summed E-state index contributed by atoms with van der Waals surface area (Å²) in [6.45, 7) is 1.24. The van der Waals surface area contributed by atoms with Gasteiger partial charge in [0.2, 0.25) is 5.91 Å². The standard InChI is InChI=1S/C19H23BrN2O3S/c20-15-2-6-17(7-3-15)26-18-8-4-16(5-9-18)21-19(25)14-22(11-13-24)10-1-12-23/h2-9,23-24H,1,10-14H2,(H,21,25). The van der Waals surface area contributed by atoms with Crippen molar-refractivity contribution in [2.45, 2.75) is 16.2 Å². The number of aliphatic hydroxyl groups is 2. The van der Waals surface area contributed by atoms with Crippen molar-refractivity contribution in [3.63, 3.8) is 0 Å². The molecule has 0 heterocycles. The van der Waals surface area contributed by atoms with Crippen molar-refractivity contribution in [1.29, 1.82) is 0 Å². The SMILES string of the molecule is O=C(CN(CCO)CCCO)Nc1ccc(Sc2ccc(Br)cc2)cc1. The number of aliphatic hydroxyl groups excluding tert-OH is 2. The highest BCUT2D eigenvalue weighted by Crippen LogP contribution is 2.29. The van der Waals surface area contributed by atoms with Crippen molar-refractivity contribution in [3.05, 3.63) is 53.0 Å². The largest absolute Gasteiger partial charge is 0.396 e. The van der Waals surface area contributed by atoms with E-state index in [1.807, 2.05) is 53.4 Å². The number of halogens is 1. The first-order chi connectivity index (χ1) is 12.6. The van der Waals surface area contributed by atoms with Crippen molar-refractivity contribution in [3.8, 4) is 0 Å². The van der Waals surface area contributed by atoms with E-state index in [0.29, 0.717) is 19.5 Å². The normalized spacial score (nSPS) is 10.9. The van der Waals surface area contributed by atoms with E-state index >= 15 is 0 Å². The van der Waals surface area contributed by atoms with Gasteiger partial charge in [0.1, 0.15) is 0 Å². The number of hydrogen-bond acceptors (Lipinski definition) is 5. The molecule has 3 N–H and O–H groups in total. The highest BCUT2D eigenvalue weighted by molar-refractivity contribution is 9.10. The highest BCUT2D eigenvalue weighted by atomic mass is 79.9. The second-order valence-corrected chi connectivity index (χ2v) is 7.77. The topological polar surface area (TPSA) is 72.8 Å². The van der Waals surface area contributed by atoms with Gasteiger partial charge < -0.3 is 15.5 Å². The van der Waals surface area contributed by atoms with Gasteiger partial charge in [0, 0.05) is 39.6 Å². The van der Waals surface area contributed by atoms with Gasteiger partial charge in [-0.3, -0.25) is 9.69 Å². The van der Waals surface area contributed by atoms with Gasteiger partial charge in [-0.15, -0.1) is 0 Å². The Kier molecular flexibility index (Phi) is 9.14. The van der Waals surface area contributed by atoms with Gasteiger partial charge in [-0.1, -0.05) is 27.7 Å². The first-order valence-electron chi connectivity index (χ1n) is 8.38. The average molecular weight is 439 g/mol. The Hall–Kier alpha value is -1.38. The van der Waals surface area contributed by atoms with Crippen LogP contribution in [0.4, 0.5) is 5.69 Å². The average Bonchev–Trinajstić information content (AvgIpc) is 2.63. The molecule has 2 rings (SSSR count). The minimum Gasteiger partial charge on any atom is -0.396 e. The monoisotopic (exact) mass is 438 g/mol. The summed E-state index contributed by atoms with van der Waals surface area (Å²) in [5.74, 6) is -0.135. The molecule has 0 aliphatic carbocycles. The molecule has 0 radical (unpaired) electrons. The maximum atomic E-state index is 12.2. The Morgan fingerprint density at radius 3 is 2.15 bits per heavy atom. The van der Waals surface area contributed by atoms with Gasteiger partial charge in [0.05, 0.1) is 13.2 Å². The van der Waals surface area contributed by atoms with Crippen LogP contribution in [0.15, 0.2) is 62.8 Å². The number of nitrogens with zero attached hydrogens (tertiary/aromatic N) is 1. The van der Waals surface area contributed by atoms with E-state index in [9.17, 15) is 4.79 Å². The second kappa shape index (κ2) is 11.4. The van der Waals surface area contributed by atoms with E-state index in [0.717, 1.165) is 20.0 Å². The minimum atomic E-state index is -0.135. The summed E-state index contributed by atoms with van der Waals surface area (Å²) in [4.78, 5) is 16.2. The zero-order valence-corrected chi connectivity index (χ0v) is 16.8. The molecular weight excluding hydrogens is 416 g/mol. The molecule has 26 heavy (non-hydrogen) atoms. The first-order valence-corrected chi connectivity index (χ1v) is 9.99. The molecule has 0 atom stereocenters. The molecule has 0 saturated carbocycles. The zero-order valence-electron chi connectivity index (χ0n) is 14.4. The summed E-state index contributed by atoms with van der Waals surface area (Å²) in [5.41, 5.74) is 0.737. The number of benzene rings is 2. The molecule has 0 spiro atoms. The van der Waals surface area contributed by atoms with Crippen LogP contribution in [0.2, 0.25) is 0 Å². The first kappa shape index (κ1) is 20.9. The molecule has 0 fully saturated rings. The number of anilines is 1. The van der Waals surface area contributed by atoms with Crippen molar-refractivity contribution in [2.24, 2.45) is 0 Å². The Bertz CT molecular complexity index is 680. The van der Waals surface area contributed by atoms with Crippen LogP contribution in [0, 0.1) is 0 Å². The lowest BCUT2D eigenvalue weighted by atomic mass is 10.3. The van der Waals surface area contributed by atoms with Crippen LogP contribution in [0.25, 0.3) is 0 Å². The predicted octanol–water partition coefficient (Wildman–Crippen LogP) is 3.22. The number of rotatable bonds is 10. The van der Waals surface area contributed by atoms with E-state index < -0.39 is 0 Å². The van der Waals surface area contributed by atoms with E-state index in [4.69, 9.17) is 10.2 Å². The lowest BCUT2D eigenvalue weighted by Gasteiger charge is -2.20. The Balaban J connectivity index is 1.87. The molecule has 0 bridgehead atoms. The quantitative estimate of drug-likeness (QED) is 0.530. The maximum absolute atomic E-state index is 12.2. The summed E-state index contributed by atoms with van der Waals surface area (Å²) in [5, 5.41) is 20.8. The minimum absolute atomic E-state index is 0.0132. The number of carbonyl (C=O) groups is 1. The maximum Gasteiger partial charge on any atom is 0.238 e. The molecule has 1 amide bonds. The molecule has 0 saturated heterocycles. The zero-order chi connectivity index (χ0) is 18.8. The molecule has 0 aliphatic rings. The lowest BCUT2D eigenvalue weighted by Crippen LogP contribution is -2.36. The predicted molar refractivity (Wildman–Crippen MR) is 109 cm³/mol. The Labute approximate surface area is 166 Å². The number of hydrogen-bond donors (Lipinski definition) is 3. The van der Waals surface area contributed by atoms with Gasteiger partial charge in [-0.2, -0.15) is 0 Å². The molecule has 2 aromatic rings. The van der Waals surface area contributed by atoms with Crippen LogP contribution < -0.4 is 5.32 Å². The second-order valence-electron chi connectivity index (χ2n) is 5.71. The smallest absolute Gasteiger partial charge is 0.238 e. The highest BCUT2D eigenvalue weighted by Gasteiger charge is 2.10. The van der Waals surface area contributed by atoms with Crippen LogP contribution >= 0.6 is 27.7 Å². The third kappa shape index (κ3) is 7.47. The fourth-order valence-corrected chi connectivity index (χ4v) is 3.44. The van der Waals surface area contributed by atoms with Crippen molar-refractivity contribution in [1.82, 2.24) is 4.90 Å². The van der Waals surface area contributed by atoms with Gasteiger partial charge in [0.25, 0.3) is 0 Å². The number of nitrogens with one attached hydrogen (secondary N) is 1. The van der Waals surface area contributed by atoms with Gasteiger partial charge in [-0.25, -0.2) is 0 Å². The van der Waals surface area contributed by atoms with Crippen molar-refractivity contribution in [2.75, 3.05) is 38.2 Å². The van der Waals surface area contributed by atoms with E-state index in [2.05, 4.69) is 21.2 Å². The van der Waals surface area contributed by atoms with Gasteiger partial charge in [0.15, 0.2) is 0 Å².